The van der Waals surface area contributed by atoms with Crippen molar-refractivity contribution in [2.45, 2.75) is 52.6 Å². The lowest BCUT2D eigenvalue weighted by molar-refractivity contribution is 0.303. The normalized spacial score (nSPS) is 26.3. The Hall–Kier alpha value is -0.380. The van der Waals surface area contributed by atoms with Crippen molar-refractivity contribution in [2.24, 2.45) is 11.8 Å². The average molecular weight is 292 g/mol. The molecular weight excluding hydrogens is 264 g/mol. The van der Waals surface area contributed by atoms with E-state index in [-0.39, 0.29) is 0 Å². The quantitative estimate of drug-likeness (QED) is 0.803. The zero-order valence-electron chi connectivity index (χ0n) is 13.0. The molecule has 1 saturated heterocycles. The first-order valence-corrected chi connectivity index (χ1v) is 9.09. The molecule has 0 radical (unpaired) electrons. The minimum Gasteiger partial charge on any atom is -0.312 e. The topological polar surface area (TPSA) is 15.3 Å². The summed E-state index contributed by atoms with van der Waals surface area (Å²) >= 11 is 1.98. The maximum atomic E-state index is 3.51. The molecule has 1 aromatic heterocycles. The van der Waals surface area contributed by atoms with Crippen LogP contribution in [0, 0.1) is 18.8 Å². The summed E-state index contributed by atoms with van der Waals surface area (Å²) in [5, 5.41) is 3.51. The fourth-order valence-electron chi connectivity index (χ4n) is 3.92. The maximum absolute atomic E-state index is 3.51. The fraction of sp³-hybridized carbons (Fsp3) is 0.765. The second kappa shape index (κ2) is 6.59. The van der Waals surface area contributed by atoms with Gasteiger partial charge in [-0.25, -0.2) is 0 Å². The van der Waals surface area contributed by atoms with Crippen LogP contribution in [0.15, 0.2) is 6.07 Å². The molecule has 1 aliphatic carbocycles. The highest BCUT2D eigenvalue weighted by molar-refractivity contribution is 7.12. The zero-order valence-corrected chi connectivity index (χ0v) is 13.8. The SMILES string of the molecule is CCCNCc1cc(CN2CC3CCCC3C2)c(C)s1. The molecule has 1 aliphatic heterocycles. The van der Waals surface area contributed by atoms with Crippen LogP contribution in [-0.2, 0) is 13.1 Å². The van der Waals surface area contributed by atoms with E-state index < -0.39 is 0 Å². The monoisotopic (exact) mass is 292 g/mol. The van der Waals surface area contributed by atoms with Crippen LogP contribution in [-0.4, -0.2) is 24.5 Å². The Kier molecular flexibility index (Phi) is 4.79. The summed E-state index contributed by atoms with van der Waals surface area (Å²) < 4.78 is 0. The van der Waals surface area contributed by atoms with Crippen LogP contribution >= 0.6 is 11.3 Å². The molecule has 1 aromatic rings. The van der Waals surface area contributed by atoms with Gasteiger partial charge >= 0.3 is 0 Å². The van der Waals surface area contributed by atoms with Crippen molar-refractivity contribution < 1.29 is 0 Å². The summed E-state index contributed by atoms with van der Waals surface area (Å²) in [5.74, 6) is 2.03. The van der Waals surface area contributed by atoms with Crippen molar-refractivity contribution in [1.29, 1.82) is 0 Å². The summed E-state index contributed by atoms with van der Waals surface area (Å²) in [4.78, 5) is 5.73. The Morgan fingerprint density at radius 3 is 2.75 bits per heavy atom. The first-order chi connectivity index (χ1) is 9.76. The molecule has 112 valence electrons. The van der Waals surface area contributed by atoms with Crippen molar-refractivity contribution in [3.63, 3.8) is 0 Å². The lowest BCUT2D eigenvalue weighted by atomic mass is 10.0. The summed E-state index contributed by atoms with van der Waals surface area (Å²) in [6.45, 7) is 10.6. The van der Waals surface area contributed by atoms with Gasteiger partial charge in [0.25, 0.3) is 0 Å². The first kappa shape index (κ1) is 14.6. The molecule has 20 heavy (non-hydrogen) atoms. The van der Waals surface area contributed by atoms with Gasteiger partial charge in [0.1, 0.15) is 0 Å². The van der Waals surface area contributed by atoms with Gasteiger partial charge < -0.3 is 5.32 Å². The van der Waals surface area contributed by atoms with Gasteiger partial charge in [-0.3, -0.25) is 4.90 Å². The number of nitrogens with zero attached hydrogens (tertiary/aromatic N) is 1. The number of likely N-dealkylation sites (tertiary alicyclic amines) is 1. The molecule has 1 saturated carbocycles. The van der Waals surface area contributed by atoms with Crippen molar-refractivity contribution in [2.75, 3.05) is 19.6 Å². The van der Waals surface area contributed by atoms with Crippen LogP contribution < -0.4 is 5.32 Å². The van der Waals surface area contributed by atoms with Crippen molar-refractivity contribution >= 4 is 11.3 Å². The number of thiophene rings is 1. The average Bonchev–Trinajstić information content (AvgIpc) is 3.06. The van der Waals surface area contributed by atoms with Gasteiger partial charge in [0.15, 0.2) is 0 Å². The standard InChI is InChI=1S/C17H28N2S/c1-3-7-18-9-17-8-16(13(2)20-17)12-19-10-14-5-4-6-15(14)11-19/h8,14-15,18H,3-7,9-12H2,1-2H3. The predicted octanol–water partition coefficient (Wildman–Crippen LogP) is 3.79. The number of fused-ring (bicyclic) bond motifs is 1. The van der Waals surface area contributed by atoms with Crippen molar-refractivity contribution in [3.8, 4) is 0 Å². The third-order valence-corrected chi connectivity index (χ3v) is 6.09. The fourth-order valence-corrected chi connectivity index (χ4v) is 4.95. The van der Waals surface area contributed by atoms with E-state index in [9.17, 15) is 0 Å². The molecule has 3 heteroatoms. The molecule has 0 bridgehead atoms. The minimum absolute atomic E-state index is 1.01. The van der Waals surface area contributed by atoms with E-state index in [1.807, 2.05) is 11.3 Å². The highest BCUT2D eigenvalue weighted by Crippen LogP contribution is 2.38. The lowest BCUT2D eigenvalue weighted by Crippen LogP contribution is -2.21. The maximum Gasteiger partial charge on any atom is 0.0299 e. The van der Waals surface area contributed by atoms with Gasteiger partial charge in [-0.05, 0) is 56.2 Å². The Balaban J connectivity index is 1.55. The largest absolute Gasteiger partial charge is 0.312 e. The van der Waals surface area contributed by atoms with Gasteiger partial charge in [-0.1, -0.05) is 13.3 Å². The molecule has 1 N–H and O–H groups in total. The summed E-state index contributed by atoms with van der Waals surface area (Å²) in [6.07, 6.45) is 5.66. The summed E-state index contributed by atoms with van der Waals surface area (Å²) in [5.41, 5.74) is 1.57. The third-order valence-electron chi connectivity index (χ3n) is 4.99. The molecule has 2 nitrogen and oxygen atoms in total. The summed E-state index contributed by atoms with van der Waals surface area (Å²) in [7, 11) is 0. The van der Waals surface area contributed by atoms with E-state index in [1.165, 1.54) is 55.1 Å². The van der Waals surface area contributed by atoms with Crippen LogP contribution in [0.25, 0.3) is 0 Å². The van der Waals surface area contributed by atoms with E-state index in [4.69, 9.17) is 0 Å². The summed E-state index contributed by atoms with van der Waals surface area (Å²) in [6, 6.07) is 2.44. The second-order valence-electron chi connectivity index (χ2n) is 6.62. The van der Waals surface area contributed by atoms with Crippen LogP contribution in [0.1, 0.15) is 47.9 Å². The van der Waals surface area contributed by atoms with Crippen LogP contribution in [0.5, 0.6) is 0 Å². The molecule has 2 aliphatic rings. The van der Waals surface area contributed by atoms with E-state index in [2.05, 4.69) is 30.1 Å². The van der Waals surface area contributed by atoms with E-state index in [0.717, 1.165) is 24.9 Å². The molecule has 3 rings (SSSR count). The van der Waals surface area contributed by atoms with Crippen molar-refractivity contribution in [1.82, 2.24) is 10.2 Å². The van der Waals surface area contributed by atoms with Crippen LogP contribution in [0.4, 0.5) is 0 Å². The van der Waals surface area contributed by atoms with Gasteiger partial charge in [0.05, 0.1) is 0 Å². The van der Waals surface area contributed by atoms with Gasteiger partial charge in [-0.15, -0.1) is 11.3 Å². The van der Waals surface area contributed by atoms with Crippen LogP contribution in [0.2, 0.25) is 0 Å². The highest BCUT2D eigenvalue weighted by atomic mass is 32.1. The van der Waals surface area contributed by atoms with E-state index in [1.54, 1.807) is 5.56 Å². The molecule has 2 heterocycles. The molecular formula is C17H28N2S. The van der Waals surface area contributed by atoms with Gasteiger partial charge in [-0.2, -0.15) is 0 Å². The zero-order chi connectivity index (χ0) is 13.9. The molecule has 2 atom stereocenters. The highest BCUT2D eigenvalue weighted by Gasteiger charge is 2.35. The first-order valence-electron chi connectivity index (χ1n) is 8.27. The number of nitrogens with one attached hydrogen (secondary N) is 1. The molecule has 0 spiro atoms. The van der Waals surface area contributed by atoms with Gasteiger partial charge in [0, 0.05) is 35.9 Å². The lowest BCUT2D eigenvalue weighted by Gasteiger charge is -2.16. The Morgan fingerprint density at radius 1 is 1.30 bits per heavy atom. The van der Waals surface area contributed by atoms with Gasteiger partial charge in [0.2, 0.25) is 0 Å². The van der Waals surface area contributed by atoms with E-state index >= 15 is 0 Å². The third kappa shape index (κ3) is 3.26. The molecule has 2 unspecified atom stereocenters. The van der Waals surface area contributed by atoms with Crippen LogP contribution in [0.3, 0.4) is 0 Å². The number of hydrogen-bond acceptors (Lipinski definition) is 3. The molecule has 2 fully saturated rings. The molecule has 0 amide bonds. The Morgan fingerprint density at radius 2 is 2.05 bits per heavy atom. The predicted molar refractivity (Wildman–Crippen MR) is 87.2 cm³/mol. The Labute approximate surface area is 127 Å². The smallest absolute Gasteiger partial charge is 0.0299 e. The molecule has 0 aromatic carbocycles. The Bertz CT molecular complexity index is 428. The van der Waals surface area contributed by atoms with E-state index in [0.29, 0.717) is 0 Å². The second-order valence-corrected chi connectivity index (χ2v) is 7.96. The minimum atomic E-state index is 1.01. The number of aryl methyl sites for hydroxylation is 1. The number of rotatable bonds is 6. The van der Waals surface area contributed by atoms with Crippen molar-refractivity contribution in [3.05, 3.63) is 21.4 Å². The number of hydrogen-bond donors (Lipinski definition) is 1.